The molecule has 1 aliphatic heterocycles. The Morgan fingerprint density at radius 2 is 1.81 bits per heavy atom. The topological polar surface area (TPSA) is 66.9 Å². The maximum absolute atomic E-state index is 12.4. The van der Waals surface area contributed by atoms with Gasteiger partial charge in [-0.1, -0.05) is 24.3 Å². The molecule has 26 heavy (non-hydrogen) atoms. The van der Waals surface area contributed by atoms with Gasteiger partial charge in [0.1, 0.15) is 0 Å². The van der Waals surface area contributed by atoms with Gasteiger partial charge in [0.15, 0.2) is 0 Å². The quantitative estimate of drug-likeness (QED) is 0.768. The number of methoxy groups -OCH3 is 1. The predicted octanol–water partition coefficient (Wildman–Crippen LogP) is 2.29. The van der Waals surface area contributed by atoms with Crippen molar-refractivity contribution >= 4 is 21.7 Å². The third kappa shape index (κ3) is 3.32. The molecule has 0 amide bonds. The van der Waals surface area contributed by atoms with E-state index in [-0.39, 0.29) is 10.5 Å². The Labute approximate surface area is 154 Å². The molecule has 1 heterocycles. The Bertz CT molecular complexity index is 938. The van der Waals surface area contributed by atoms with Crippen LogP contribution in [0.3, 0.4) is 0 Å². The summed E-state index contributed by atoms with van der Waals surface area (Å²) in [5, 5.41) is 0. The van der Waals surface area contributed by atoms with Gasteiger partial charge >= 0.3 is 5.97 Å². The van der Waals surface area contributed by atoms with E-state index in [1.54, 1.807) is 6.07 Å². The molecule has 1 aliphatic rings. The molecule has 0 bridgehead atoms. The molecule has 0 saturated heterocycles. The van der Waals surface area contributed by atoms with Gasteiger partial charge in [0, 0.05) is 27.2 Å². The van der Waals surface area contributed by atoms with Gasteiger partial charge in [0.25, 0.3) is 0 Å². The molecule has 6 nitrogen and oxygen atoms in total. The summed E-state index contributed by atoms with van der Waals surface area (Å²) in [6, 6.07) is 12.8. The predicted molar refractivity (Wildman–Crippen MR) is 99.9 cm³/mol. The van der Waals surface area contributed by atoms with Crippen LogP contribution in [0.4, 0.5) is 5.69 Å². The largest absolute Gasteiger partial charge is 0.465 e. The molecule has 2 aromatic rings. The zero-order valence-corrected chi connectivity index (χ0v) is 15.9. The number of benzene rings is 2. The van der Waals surface area contributed by atoms with Gasteiger partial charge in [-0.25, -0.2) is 17.5 Å². The van der Waals surface area contributed by atoms with E-state index < -0.39 is 16.0 Å². The molecule has 0 fully saturated rings. The van der Waals surface area contributed by atoms with E-state index in [9.17, 15) is 13.2 Å². The number of anilines is 1. The molecule has 0 unspecified atom stereocenters. The van der Waals surface area contributed by atoms with Crippen molar-refractivity contribution in [2.75, 3.05) is 32.6 Å². The Balaban J connectivity index is 2.04. The van der Waals surface area contributed by atoms with Crippen molar-refractivity contribution in [2.24, 2.45) is 0 Å². The van der Waals surface area contributed by atoms with Gasteiger partial charge < -0.3 is 9.64 Å². The van der Waals surface area contributed by atoms with Gasteiger partial charge in [-0.2, -0.15) is 0 Å². The maximum Gasteiger partial charge on any atom is 0.340 e. The van der Waals surface area contributed by atoms with Gasteiger partial charge in [0.2, 0.25) is 10.0 Å². The molecule has 0 aromatic heterocycles. The van der Waals surface area contributed by atoms with Gasteiger partial charge in [-0.05, 0) is 35.7 Å². The van der Waals surface area contributed by atoms with Crippen LogP contribution in [0.2, 0.25) is 0 Å². The van der Waals surface area contributed by atoms with E-state index in [2.05, 4.69) is 17.0 Å². The molecule has 7 heteroatoms. The summed E-state index contributed by atoms with van der Waals surface area (Å²) in [5.74, 6) is -0.547. The van der Waals surface area contributed by atoms with Crippen LogP contribution in [0.25, 0.3) is 0 Å². The Morgan fingerprint density at radius 3 is 2.46 bits per heavy atom. The van der Waals surface area contributed by atoms with Crippen LogP contribution in [0.1, 0.15) is 21.5 Å². The van der Waals surface area contributed by atoms with E-state index in [4.69, 9.17) is 4.74 Å². The molecular weight excluding hydrogens is 352 g/mol. The van der Waals surface area contributed by atoms with E-state index in [0.29, 0.717) is 12.2 Å². The Hall–Kier alpha value is -2.38. The van der Waals surface area contributed by atoms with Crippen LogP contribution in [0.5, 0.6) is 0 Å². The molecule has 3 rings (SSSR count). The van der Waals surface area contributed by atoms with Crippen molar-refractivity contribution in [1.29, 1.82) is 0 Å². The summed E-state index contributed by atoms with van der Waals surface area (Å²) in [6.45, 7) is 1.42. The van der Waals surface area contributed by atoms with Crippen LogP contribution in [-0.4, -0.2) is 46.4 Å². The summed E-state index contributed by atoms with van der Waals surface area (Å²) in [5.41, 5.74) is 3.45. The molecule has 0 saturated carbocycles. The van der Waals surface area contributed by atoms with Crippen LogP contribution >= 0.6 is 0 Å². The van der Waals surface area contributed by atoms with Gasteiger partial charge in [-0.15, -0.1) is 0 Å². The highest BCUT2D eigenvalue weighted by Gasteiger charge is 2.25. The van der Waals surface area contributed by atoms with Crippen molar-refractivity contribution in [3.63, 3.8) is 0 Å². The molecular formula is C19H22N2O4S. The minimum absolute atomic E-state index is 0.0732. The standard InChI is InChI=1S/C19H22N2O4S/c1-20(2)26(23,24)16-8-9-18(17(12-16)19(22)25-3)21-11-10-14-6-4-5-7-15(14)13-21/h4-9,12H,10-11,13H2,1-3H3. The Morgan fingerprint density at radius 1 is 1.12 bits per heavy atom. The first kappa shape index (κ1) is 18.4. The number of ether oxygens (including phenoxy) is 1. The van der Waals surface area contributed by atoms with Crippen LogP contribution in [0, 0.1) is 0 Å². The number of esters is 1. The molecule has 0 spiro atoms. The highest BCUT2D eigenvalue weighted by Crippen LogP contribution is 2.30. The smallest absolute Gasteiger partial charge is 0.340 e. The monoisotopic (exact) mass is 374 g/mol. The summed E-state index contributed by atoms with van der Waals surface area (Å²) in [6.07, 6.45) is 0.870. The summed E-state index contributed by atoms with van der Waals surface area (Å²) >= 11 is 0. The fourth-order valence-electron chi connectivity index (χ4n) is 3.14. The van der Waals surface area contributed by atoms with E-state index in [0.717, 1.165) is 17.3 Å². The second-order valence-corrected chi connectivity index (χ2v) is 8.55. The minimum Gasteiger partial charge on any atom is -0.465 e. The normalized spacial score (nSPS) is 14.2. The number of rotatable bonds is 4. The SMILES string of the molecule is COC(=O)c1cc(S(=O)(=O)N(C)C)ccc1N1CCc2ccccc2C1. The zero-order valence-electron chi connectivity index (χ0n) is 15.1. The minimum atomic E-state index is -3.63. The summed E-state index contributed by atoms with van der Waals surface area (Å²) in [4.78, 5) is 14.5. The van der Waals surface area contributed by atoms with Crippen LogP contribution in [-0.2, 0) is 27.7 Å². The van der Waals surface area contributed by atoms with Crippen molar-refractivity contribution in [2.45, 2.75) is 17.9 Å². The number of hydrogen-bond acceptors (Lipinski definition) is 5. The van der Waals surface area contributed by atoms with Crippen molar-refractivity contribution in [1.82, 2.24) is 4.31 Å². The first-order valence-corrected chi connectivity index (χ1v) is 9.75. The molecule has 0 aliphatic carbocycles. The average Bonchev–Trinajstić information content (AvgIpc) is 2.66. The average molecular weight is 374 g/mol. The molecule has 2 aromatic carbocycles. The number of hydrogen-bond donors (Lipinski definition) is 0. The maximum atomic E-state index is 12.4. The lowest BCUT2D eigenvalue weighted by molar-refractivity contribution is 0.0601. The highest BCUT2D eigenvalue weighted by molar-refractivity contribution is 7.89. The highest BCUT2D eigenvalue weighted by atomic mass is 32.2. The molecule has 138 valence electrons. The first-order chi connectivity index (χ1) is 12.3. The zero-order chi connectivity index (χ0) is 18.9. The van der Waals surface area contributed by atoms with Gasteiger partial charge in [-0.3, -0.25) is 0 Å². The van der Waals surface area contributed by atoms with Crippen molar-refractivity contribution in [3.05, 3.63) is 59.2 Å². The van der Waals surface area contributed by atoms with Gasteiger partial charge in [0.05, 0.1) is 23.3 Å². The van der Waals surface area contributed by atoms with E-state index in [1.807, 2.05) is 12.1 Å². The second kappa shape index (κ2) is 7.09. The Kier molecular flexibility index (Phi) is 5.02. The van der Waals surface area contributed by atoms with Crippen molar-refractivity contribution in [3.8, 4) is 0 Å². The number of sulfonamides is 1. The van der Waals surface area contributed by atoms with Crippen molar-refractivity contribution < 1.29 is 17.9 Å². The second-order valence-electron chi connectivity index (χ2n) is 6.40. The third-order valence-electron chi connectivity index (χ3n) is 4.62. The first-order valence-electron chi connectivity index (χ1n) is 8.31. The summed E-state index contributed by atoms with van der Waals surface area (Å²) < 4.78 is 30.8. The number of fused-ring (bicyclic) bond motifs is 1. The third-order valence-corrected chi connectivity index (χ3v) is 6.43. The van der Waals surface area contributed by atoms with Crippen LogP contribution < -0.4 is 4.90 Å². The van der Waals surface area contributed by atoms with Crippen LogP contribution in [0.15, 0.2) is 47.4 Å². The molecule has 0 N–H and O–H groups in total. The number of carbonyl (C=O) groups excluding carboxylic acids is 1. The lowest BCUT2D eigenvalue weighted by atomic mass is 9.98. The molecule has 0 radical (unpaired) electrons. The number of carbonyl (C=O) groups is 1. The fraction of sp³-hybridized carbons (Fsp3) is 0.316. The summed E-state index contributed by atoms with van der Waals surface area (Å²) in [7, 11) is 0.588. The molecule has 0 atom stereocenters. The van der Waals surface area contributed by atoms with E-state index in [1.165, 1.54) is 44.5 Å². The number of nitrogens with zero attached hydrogens (tertiary/aromatic N) is 2. The van der Waals surface area contributed by atoms with E-state index >= 15 is 0 Å². The fourth-order valence-corrected chi connectivity index (χ4v) is 4.07. The lowest BCUT2D eigenvalue weighted by Gasteiger charge is -2.32. The lowest BCUT2D eigenvalue weighted by Crippen LogP contribution is -2.32.